The Kier molecular flexibility index (Phi) is 2.14. The van der Waals surface area contributed by atoms with Crippen molar-refractivity contribution < 1.29 is 2.74 Å². The van der Waals surface area contributed by atoms with Gasteiger partial charge in [-0.05, 0) is 23.7 Å². The van der Waals surface area contributed by atoms with Crippen molar-refractivity contribution in [2.45, 2.75) is 0 Å². The molecule has 2 nitrogen and oxygen atoms in total. The summed E-state index contributed by atoms with van der Waals surface area (Å²) < 4.78 is 16.0. The second kappa shape index (κ2) is 4.07. The molecule has 0 aliphatic carbocycles. The van der Waals surface area contributed by atoms with Crippen LogP contribution in [0.15, 0.2) is 41.0 Å². The van der Waals surface area contributed by atoms with Crippen LogP contribution in [-0.4, -0.2) is 9.97 Å². The minimum absolute atomic E-state index is 0.0215. The highest BCUT2D eigenvalue weighted by Gasteiger charge is 2.03. The van der Waals surface area contributed by atoms with Crippen LogP contribution in [0.1, 0.15) is 2.74 Å². The summed E-state index contributed by atoms with van der Waals surface area (Å²) in [7, 11) is 0. The Labute approximate surface area is 97.9 Å². The highest BCUT2D eigenvalue weighted by atomic mass is 79.9. The van der Waals surface area contributed by atoms with Gasteiger partial charge in [-0.3, -0.25) is 0 Å². The molecule has 0 amide bonds. The quantitative estimate of drug-likeness (QED) is 0.741. The second-order valence-electron chi connectivity index (χ2n) is 2.56. The van der Waals surface area contributed by atoms with E-state index in [1.807, 2.05) is 18.2 Å². The Hall–Kier alpha value is -0.930. The lowest BCUT2D eigenvalue weighted by Gasteiger charge is -2.02. The first kappa shape index (κ1) is 7.37. The Morgan fingerprint density at radius 2 is 2.14 bits per heavy atom. The summed E-state index contributed by atoms with van der Waals surface area (Å²) in [6.45, 7) is 0. The van der Waals surface area contributed by atoms with Crippen molar-refractivity contribution in [3.8, 4) is 11.3 Å². The summed E-state index contributed by atoms with van der Waals surface area (Å²) in [6.07, 6.45) is -0.175. The third-order valence-electron chi connectivity index (χ3n) is 1.66. The van der Waals surface area contributed by atoms with Crippen LogP contribution >= 0.6 is 27.5 Å². The van der Waals surface area contributed by atoms with Crippen LogP contribution in [-0.2, 0) is 0 Å². The molecule has 0 radical (unpaired) electrons. The van der Waals surface area contributed by atoms with Gasteiger partial charge in [-0.2, -0.15) is 0 Å². The van der Waals surface area contributed by atoms with E-state index in [2.05, 4.69) is 25.9 Å². The van der Waals surface area contributed by atoms with E-state index >= 15 is 0 Å². The number of hydrogen-bond acceptors (Lipinski definition) is 2. The molecule has 0 saturated carbocycles. The van der Waals surface area contributed by atoms with Crippen LogP contribution in [0.3, 0.4) is 0 Å². The Bertz CT molecular complexity index is 548. The molecule has 1 aromatic carbocycles. The Morgan fingerprint density at radius 1 is 1.36 bits per heavy atom. The maximum absolute atomic E-state index is 7.73. The number of rotatable bonds is 1. The van der Waals surface area contributed by atoms with Gasteiger partial charge in [-0.25, -0.2) is 9.97 Å². The molecule has 14 heavy (non-hydrogen) atoms. The van der Waals surface area contributed by atoms with E-state index < -0.39 is 0 Å². The molecule has 0 N–H and O–H groups in total. The van der Waals surface area contributed by atoms with Crippen molar-refractivity contribution in [3.63, 3.8) is 0 Å². The van der Waals surface area contributed by atoms with E-state index in [4.69, 9.17) is 14.3 Å². The Morgan fingerprint density at radius 3 is 2.93 bits per heavy atom. The van der Waals surface area contributed by atoms with Crippen molar-refractivity contribution in [2.75, 3.05) is 0 Å². The molecule has 70 valence electrons. The number of halogens is 2. The van der Waals surface area contributed by atoms with Gasteiger partial charge in [-0.15, -0.1) is 0 Å². The van der Waals surface area contributed by atoms with E-state index in [9.17, 15) is 0 Å². The van der Waals surface area contributed by atoms with Gasteiger partial charge >= 0.3 is 0 Å². The van der Waals surface area contributed by atoms with Crippen molar-refractivity contribution in [3.05, 3.63) is 46.2 Å². The van der Waals surface area contributed by atoms with Gasteiger partial charge in [-0.1, -0.05) is 34.1 Å². The smallest absolute Gasteiger partial charge is 0.222 e. The van der Waals surface area contributed by atoms with Gasteiger partial charge < -0.3 is 0 Å². The minimum Gasteiger partial charge on any atom is -0.226 e. The van der Waals surface area contributed by atoms with Crippen LogP contribution < -0.4 is 0 Å². The molecule has 0 aliphatic heterocycles. The van der Waals surface area contributed by atoms with Crippen LogP contribution in [0.2, 0.25) is 5.28 Å². The molecule has 0 saturated heterocycles. The number of benzene rings is 1. The molecule has 0 aliphatic rings. The molecule has 4 heteroatoms. The SMILES string of the molecule is [2H]c1nc(Cl)nc(-c2ccccc2Br)c1[2H]. The lowest BCUT2D eigenvalue weighted by Crippen LogP contribution is -1.86. The summed E-state index contributed by atoms with van der Waals surface area (Å²) in [4.78, 5) is 7.59. The maximum Gasteiger partial charge on any atom is 0.222 e. The average molecular weight is 272 g/mol. The lowest BCUT2D eigenvalue weighted by molar-refractivity contribution is 1.17. The number of nitrogens with zero attached hydrogens (tertiary/aromatic N) is 2. The molecule has 0 atom stereocenters. The van der Waals surface area contributed by atoms with Crippen LogP contribution in [0.5, 0.6) is 0 Å². The zero-order valence-electron chi connectivity index (χ0n) is 8.96. The molecule has 2 aromatic rings. The predicted molar refractivity (Wildman–Crippen MR) is 60.2 cm³/mol. The van der Waals surface area contributed by atoms with Crippen molar-refractivity contribution >= 4 is 27.5 Å². The second-order valence-corrected chi connectivity index (χ2v) is 3.75. The summed E-state index contributed by atoms with van der Waals surface area (Å²) in [5.74, 6) is 0. The maximum atomic E-state index is 7.73. The summed E-state index contributed by atoms with van der Waals surface area (Å²) in [5.41, 5.74) is 1.09. The average Bonchev–Trinajstić information content (AvgIpc) is 2.24. The molecule has 1 aromatic heterocycles. The van der Waals surface area contributed by atoms with Gasteiger partial charge in [0.2, 0.25) is 5.28 Å². The van der Waals surface area contributed by atoms with E-state index in [0.29, 0.717) is 5.69 Å². The zero-order valence-corrected chi connectivity index (χ0v) is 9.30. The zero-order chi connectivity index (χ0) is 11.7. The van der Waals surface area contributed by atoms with Crippen LogP contribution in [0, 0.1) is 0 Å². The van der Waals surface area contributed by atoms with Gasteiger partial charge in [0.25, 0.3) is 0 Å². The van der Waals surface area contributed by atoms with Crippen molar-refractivity contribution in [1.82, 2.24) is 9.97 Å². The highest BCUT2D eigenvalue weighted by molar-refractivity contribution is 9.10. The van der Waals surface area contributed by atoms with Gasteiger partial charge in [0.1, 0.15) is 0 Å². The fourth-order valence-corrected chi connectivity index (χ4v) is 1.65. The first-order chi connectivity index (χ1) is 7.59. The fraction of sp³-hybridized carbons (Fsp3) is 0. The standard InChI is InChI=1S/C10H6BrClN2/c11-8-4-2-1-3-7(8)9-5-6-13-10(12)14-9/h1-6H/i5D,6D. The van der Waals surface area contributed by atoms with Crippen LogP contribution in [0.4, 0.5) is 0 Å². The minimum atomic E-state index is -0.175. The molecule has 1 heterocycles. The molecular weight excluding hydrogens is 263 g/mol. The normalized spacial score (nSPS) is 12.1. The fourth-order valence-electron chi connectivity index (χ4n) is 1.05. The summed E-state index contributed by atoms with van der Waals surface area (Å²) in [5, 5.41) is -0.0215. The molecule has 0 unspecified atom stereocenters. The van der Waals surface area contributed by atoms with E-state index in [-0.39, 0.29) is 17.5 Å². The third-order valence-corrected chi connectivity index (χ3v) is 2.52. The van der Waals surface area contributed by atoms with Crippen molar-refractivity contribution in [1.29, 1.82) is 0 Å². The largest absolute Gasteiger partial charge is 0.226 e. The van der Waals surface area contributed by atoms with Crippen molar-refractivity contribution in [2.24, 2.45) is 0 Å². The first-order valence-corrected chi connectivity index (χ1v) is 5.02. The van der Waals surface area contributed by atoms with E-state index in [1.54, 1.807) is 6.07 Å². The predicted octanol–water partition coefficient (Wildman–Crippen LogP) is 3.56. The van der Waals surface area contributed by atoms with Gasteiger partial charge in [0.05, 0.1) is 8.44 Å². The Balaban J connectivity index is 2.69. The van der Waals surface area contributed by atoms with Gasteiger partial charge in [0.15, 0.2) is 0 Å². The molecule has 0 fully saturated rings. The molecule has 0 bridgehead atoms. The first-order valence-electron chi connectivity index (χ1n) is 4.85. The lowest BCUT2D eigenvalue weighted by atomic mass is 10.1. The van der Waals surface area contributed by atoms with Gasteiger partial charge in [0, 0.05) is 16.2 Å². The highest BCUT2D eigenvalue weighted by Crippen LogP contribution is 2.26. The topological polar surface area (TPSA) is 25.8 Å². The summed E-state index contributed by atoms with van der Waals surface area (Å²) >= 11 is 9.05. The molecular formula is C10H6BrClN2. The molecule has 0 spiro atoms. The third kappa shape index (κ3) is 1.94. The summed E-state index contributed by atoms with van der Waals surface area (Å²) in [6, 6.07) is 7.31. The van der Waals surface area contributed by atoms with Crippen LogP contribution in [0.25, 0.3) is 11.3 Å². The number of hydrogen-bond donors (Lipinski definition) is 0. The van der Waals surface area contributed by atoms with E-state index in [0.717, 1.165) is 10.0 Å². The number of aromatic nitrogens is 2. The molecule has 2 rings (SSSR count). The monoisotopic (exact) mass is 270 g/mol. The van der Waals surface area contributed by atoms with E-state index in [1.165, 1.54) is 0 Å².